The molecule has 7 heteroatoms. The van der Waals surface area contributed by atoms with E-state index in [2.05, 4.69) is 19.9 Å². The van der Waals surface area contributed by atoms with Gasteiger partial charge in [-0.3, -0.25) is 9.36 Å². The van der Waals surface area contributed by atoms with Crippen molar-refractivity contribution in [3.05, 3.63) is 46.6 Å². The maximum absolute atomic E-state index is 13.3. The molecule has 0 spiro atoms. The van der Waals surface area contributed by atoms with Crippen LogP contribution < -0.4 is 11.3 Å². The normalized spacial score (nSPS) is 14.8. The lowest BCUT2D eigenvalue weighted by Gasteiger charge is -2.29. The minimum Gasteiger partial charge on any atom is -0.368 e. The van der Waals surface area contributed by atoms with Gasteiger partial charge in [0.15, 0.2) is 0 Å². The number of hydrogen-bond acceptors (Lipinski definition) is 5. The van der Waals surface area contributed by atoms with Gasteiger partial charge in [0.1, 0.15) is 11.3 Å². The van der Waals surface area contributed by atoms with Crippen LogP contribution in [0.25, 0.3) is 33.2 Å². The molecule has 0 amide bonds. The molecule has 1 saturated carbocycles. The highest BCUT2D eigenvalue weighted by atomic mass is 16.1. The van der Waals surface area contributed by atoms with E-state index in [4.69, 9.17) is 5.73 Å². The maximum atomic E-state index is 13.3. The van der Waals surface area contributed by atoms with E-state index >= 15 is 0 Å². The first-order chi connectivity index (χ1) is 12.6. The summed E-state index contributed by atoms with van der Waals surface area (Å²) >= 11 is 0. The molecule has 0 aromatic carbocycles. The van der Waals surface area contributed by atoms with Gasteiger partial charge in [0.2, 0.25) is 5.95 Å². The minimum absolute atomic E-state index is 0.0450. The quantitative estimate of drug-likeness (QED) is 0.581. The van der Waals surface area contributed by atoms with E-state index in [9.17, 15) is 4.79 Å². The first kappa shape index (κ1) is 15.1. The van der Waals surface area contributed by atoms with E-state index in [-0.39, 0.29) is 17.5 Å². The van der Waals surface area contributed by atoms with Crippen molar-refractivity contribution in [1.82, 2.24) is 24.5 Å². The molecule has 1 fully saturated rings. The highest BCUT2D eigenvalue weighted by Gasteiger charge is 2.25. The van der Waals surface area contributed by atoms with Crippen LogP contribution in [0.2, 0.25) is 0 Å². The van der Waals surface area contributed by atoms with E-state index < -0.39 is 0 Å². The third-order valence-corrected chi connectivity index (χ3v) is 5.25. The Kier molecular flexibility index (Phi) is 3.12. The van der Waals surface area contributed by atoms with Crippen molar-refractivity contribution in [2.75, 3.05) is 5.73 Å². The number of fused-ring (bicyclic) bond motifs is 2. The van der Waals surface area contributed by atoms with Crippen LogP contribution in [0.5, 0.6) is 0 Å². The topological polar surface area (TPSA) is 102 Å². The van der Waals surface area contributed by atoms with Gasteiger partial charge >= 0.3 is 0 Å². The largest absolute Gasteiger partial charge is 0.368 e. The van der Waals surface area contributed by atoms with Crippen molar-refractivity contribution in [3.63, 3.8) is 0 Å². The molecule has 3 N–H and O–H groups in total. The number of pyridine rings is 2. The number of H-pyrrole nitrogens is 1. The fourth-order valence-corrected chi connectivity index (χ4v) is 3.65. The number of aryl methyl sites for hydroxylation is 1. The van der Waals surface area contributed by atoms with Crippen molar-refractivity contribution in [2.45, 2.75) is 32.2 Å². The maximum Gasteiger partial charge on any atom is 0.260 e. The summed E-state index contributed by atoms with van der Waals surface area (Å²) in [6, 6.07) is 5.98. The second-order valence-corrected chi connectivity index (χ2v) is 6.86. The Morgan fingerprint density at radius 3 is 2.88 bits per heavy atom. The zero-order valence-corrected chi connectivity index (χ0v) is 14.4. The molecule has 0 radical (unpaired) electrons. The van der Waals surface area contributed by atoms with Crippen LogP contribution in [0.1, 0.15) is 31.0 Å². The van der Waals surface area contributed by atoms with Gasteiger partial charge < -0.3 is 10.7 Å². The molecule has 4 aromatic heterocycles. The molecular formula is C19H18N6O. The number of aromatic nitrogens is 5. The van der Waals surface area contributed by atoms with Gasteiger partial charge in [-0.05, 0) is 44.4 Å². The lowest BCUT2D eigenvalue weighted by atomic mass is 9.92. The molecule has 26 heavy (non-hydrogen) atoms. The first-order valence-corrected chi connectivity index (χ1v) is 8.75. The Bertz CT molecular complexity index is 1220. The lowest BCUT2D eigenvalue weighted by molar-refractivity contribution is 0.313. The lowest BCUT2D eigenvalue weighted by Crippen LogP contribution is -2.31. The second-order valence-electron chi connectivity index (χ2n) is 6.86. The first-order valence-electron chi connectivity index (χ1n) is 8.75. The van der Waals surface area contributed by atoms with Gasteiger partial charge in [-0.2, -0.15) is 4.98 Å². The van der Waals surface area contributed by atoms with Gasteiger partial charge in [0.25, 0.3) is 5.56 Å². The Morgan fingerprint density at radius 2 is 2.12 bits per heavy atom. The number of hydrogen-bond donors (Lipinski definition) is 2. The molecule has 7 nitrogen and oxygen atoms in total. The number of rotatable bonds is 2. The van der Waals surface area contributed by atoms with Crippen LogP contribution in [0.4, 0.5) is 5.95 Å². The zero-order valence-electron chi connectivity index (χ0n) is 14.4. The van der Waals surface area contributed by atoms with Crippen LogP contribution in [0, 0.1) is 6.92 Å². The molecular weight excluding hydrogens is 328 g/mol. The fourth-order valence-electron chi connectivity index (χ4n) is 3.65. The van der Waals surface area contributed by atoms with E-state index in [0.29, 0.717) is 11.2 Å². The number of nitrogens with one attached hydrogen (secondary N) is 1. The van der Waals surface area contributed by atoms with Gasteiger partial charge in [-0.1, -0.05) is 0 Å². The van der Waals surface area contributed by atoms with Crippen molar-refractivity contribution in [1.29, 1.82) is 0 Å². The summed E-state index contributed by atoms with van der Waals surface area (Å²) in [6.45, 7) is 1.90. The molecule has 5 rings (SSSR count). The smallest absolute Gasteiger partial charge is 0.260 e. The fraction of sp³-hybridized carbons (Fsp3) is 0.263. The summed E-state index contributed by atoms with van der Waals surface area (Å²) in [5.74, 6) is 0.200. The molecule has 1 aliphatic rings. The van der Waals surface area contributed by atoms with Crippen molar-refractivity contribution >= 4 is 28.0 Å². The number of aromatic amines is 1. The van der Waals surface area contributed by atoms with Crippen LogP contribution in [0.3, 0.4) is 0 Å². The van der Waals surface area contributed by atoms with Gasteiger partial charge in [-0.25, -0.2) is 9.97 Å². The molecule has 0 saturated heterocycles. The SMILES string of the molecule is Cc1nc(N)nc2c1cc(-c1cnc3[nH]ccc3c1)c(=O)n2C1CCC1. The van der Waals surface area contributed by atoms with E-state index in [1.807, 2.05) is 31.3 Å². The number of nitrogen functional groups attached to an aromatic ring is 1. The van der Waals surface area contributed by atoms with Gasteiger partial charge in [0.05, 0.1) is 5.69 Å². The van der Waals surface area contributed by atoms with Gasteiger partial charge in [0, 0.05) is 40.3 Å². The van der Waals surface area contributed by atoms with Crippen LogP contribution >= 0.6 is 0 Å². The second kappa shape index (κ2) is 5.39. The summed E-state index contributed by atoms with van der Waals surface area (Å²) in [7, 11) is 0. The summed E-state index contributed by atoms with van der Waals surface area (Å²) in [6.07, 6.45) is 6.67. The van der Waals surface area contributed by atoms with Crippen LogP contribution in [0.15, 0.2) is 35.4 Å². The Balaban J connectivity index is 1.85. The van der Waals surface area contributed by atoms with E-state index in [1.165, 1.54) is 0 Å². The number of nitrogens with zero attached hydrogens (tertiary/aromatic N) is 4. The molecule has 1 aliphatic carbocycles. The predicted octanol–water partition coefficient (Wildman–Crippen LogP) is 2.95. The molecule has 0 aliphatic heterocycles. The standard InChI is InChI=1S/C19H18N6O/c1-10-14-8-15(12-7-11-5-6-21-16(11)22-9-12)18(26)25(13-3-2-4-13)17(14)24-19(20)23-10/h5-9,13H,2-4H2,1H3,(H,21,22)(H2,20,23,24). The highest BCUT2D eigenvalue weighted by molar-refractivity contribution is 5.86. The number of nitrogens with two attached hydrogens (primary N) is 1. The zero-order chi connectivity index (χ0) is 17.8. The summed E-state index contributed by atoms with van der Waals surface area (Å²) in [5, 5.41) is 1.83. The van der Waals surface area contributed by atoms with Crippen molar-refractivity contribution < 1.29 is 0 Å². The predicted molar refractivity (Wildman–Crippen MR) is 101 cm³/mol. The van der Waals surface area contributed by atoms with E-state index in [0.717, 1.165) is 46.9 Å². The summed E-state index contributed by atoms with van der Waals surface area (Å²) < 4.78 is 1.81. The average molecular weight is 346 g/mol. The third kappa shape index (κ3) is 2.13. The molecule has 130 valence electrons. The Hall–Kier alpha value is -3.22. The van der Waals surface area contributed by atoms with Crippen LogP contribution in [-0.2, 0) is 0 Å². The molecule has 0 unspecified atom stereocenters. The van der Waals surface area contributed by atoms with Crippen molar-refractivity contribution in [3.8, 4) is 11.1 Å². The van der Waals surface area contributed by atoms with Gasteiger partial charge in [-0.15, -0.1) is 0 Å². The molecule has 4 heterocycles. The minimum atomic E-state index is -0.0450. The Labute approximate surface area is 148 Å². The van der Waals surface area contributed by atoms with Crippen LogP contribution in [-0.4, -0.2) is 24.5 Å². The number of anilines is 1. The highest BCUT2D eigenvalue weighted by Crippen LogP contribution is 2.34. The average Bonchev–Trinajstić information content (AvgIpc) is 3.03. The Morgan fingerprint density at radius 1 is 1.27 bits per heavy atom. The molecule has 0 bridgehead atoms. The monoisotopic (exact) mass is 346 g/mol. The summed E-state index contributed by atoms with van der Waals surface area (Å²) in [5.41, 5.74) is 9.44. The summed E-state index contributed by atoms with van der Waals surface area (Å²) in [4.78, 5) is 29.5. The van der Waals surface area contributed by atoms with Crippen molar-refractivity contribution in [2.24, 2.45) is 0 Å². The molecule has 0 atom stereocenters. The van der Waals surface area contributed by atoms with E-state index in [1.54, 1.807) is 10.8 Å². The third-order valence-electron chi connectivity index (χ3n) is 5.25. The molecule has 4 aromatic rings.